The van der Waals surface area contributed by atoms with Crippen LogP contribution in [0.1, 0.15) is 28.2 Å². The molecule has 6 nitrogen and oxygen atoms in total. The molecule has 0 saturated carbocycles. The van der Waals surface area contributed by atoms with Crippen LogP contribution in [0.2, 0.25) is 0 Å². The number of nitrogens with zero attached hydrogens (tertiary/aromatic N) is 2. The Hall–Kier alpha value is -3.32. The van der Waals surface area contributed by atoms with Gasteiger partial charge in [-0.25, -0.2) is 4.90 Å². The van der Waals surface area contributed by atoms with E-state index < -0.39 is 21.1 Å². The Morgan fingerprint density at radius 3 is 2.10 bits per heavy atom. The fraction of sp³-hybridized carbons (Fsp3) is 0.167. The Bertz CT molecular complexity index is 1270. The van der Waals surface area contributed by atoms with Crippen LogP contribution in [-0.4, -0.2) is 16.7 Å². The van der Waals surface area contributed by atoms with Gasteiger partial charge in [0.1, 0.15) is 0 Å². The second-order valence-electron chi connectivity index (χ2n) is 8.16. The second-order valence-corrected chi connectivity index (χ2v) is 9.41. The number of carbonyl (C=O) groups excluding carboxylic acids is 2. The molecule has 2 bridgehead atoms. The highest BCUT2D eigenvalue weighted by atomic mass is 79.9. The summed E-state index contributed by atoms with van der Waals surface area (Å²) in [4.78, 5) is 39.3. The minimum absolute atomic E-state index is 0.156. The smallest absolute Gasteiger partial charge is 0.271 e. The molecule has 2 amide bonds. The molecule has 7 heteroatoms. The molecule has 3 aliphatic carbocycles. The summed E-state index contributed by atoms with van der Waals surface area (Å²) in [6, 6.07) is 21.6. The lowest BCUT2D eigenvalue weighted by Gasteiger charge is -2.51. The van der Waals surface area contributed by atoms with Crippen LogP contribution in [0, 0.1) is 22.0 Å². The Labute approximate surface area is 185 Å². The zero-order chi connectivity index (χ0) is 21.5. The predicted molar refractivity (Wildman–Crippen MR) is 117 cm³/mol. The van der Waals surface area contributed by atoms with E-state index in [-0.39, 0.29) is 29.1 Å². The van der Waals surface area contributed by atoms with E-state index in [1.54, 1.807) is 6.07 Å². The first-order valence-electron chi connectivity index (χ1n) is 9.94. The SMILES string of the molecule is O=C1[C@@H]2C3c4ccccc4C(Br)(c4ccccc43)[C@@H]2C(=O)N1c1cccc([N+](=O)[O-])c1. The normalized spacial score (nSPS) is 27.6. The van der Waals surface area contributed by atoms with E-state index in [1.165, 1.54) is 18.2 Å². The highest BCUT2D eigenvalue weighted by molar-refractivity contribution is 9.09. The molecule has 0 spiro atoms. The summed E-state index contributed by atoms with van der Waals surface area (Å²) in [6.45, 7) is 0. The predicted octanol–water partition coefficient (Wildman–Crippen LogP) is 4.50. The van der Waals surface area contributed by atoms with Gasteiger partial charge in [0.05, 0.1) is 26.8 Å². The summed E-state index contributed by atoms with van der Waals surface area (Å²) in [7, 11) is 0. The van der Waals surface area contributed by atoms with Gasteiger partial charge in [0.25, 0.3) is 5.69 Å². The molecule has 0 N–H and O–H groups in total. The van der Waals surface area contributed by atoms with Crippen LogP contribution in [-0.2, 0) is 13.9 Å². The molecule has 3 aromatic carbocycles. The molecule has 1 heterocycles. The van der Waals surface area contributed by atoms with E-state index in [0.29, 0.717) is 0 Å². The molecule has 1 aliphatic heterocycles. The summed E-state index contributed by atoms with van der Waals surface area (Å²) in [5.41, 5.74) is 4.17. The zero-order valence-corrected chi connectivity index (χ0v) is 17.7. The molecule has 152 valence electrons. The van der Waals surface area contributed by atoms with Crippen molar-refractivity contribution in [3.05, 3.63) is 105 Å². The Morgan fingerprint density at radius 2 is 1.48 bits per heavy atom. The van der Waals surface area contributed by atoms with Gasteiger partial charge in [-0.1, -0.05) is 70.5 Å². The highest BCUT2D eigenvalue weighted by Gasteiger charge is 2.67. The van der Waals surface area contributed by atoms with Crippen LogP contribution in [0.4, 0.5) is 11.4 Å². The van der Waals surface area contributed by atoms with E-state index in [9.17, 15) is 19.7 Å². The molecule has 0 unspecified atom stereocenters. The van der Waals surface area contributed by atoms with Gasteiger partial charge in [0.15, 0.2) is 0 Å². The van der Waals surface area contributed by atoms with Gasteiger partial charge >= 0.3 is 0 Å². The minimum atomic E-state index is -0.832. The molecular formula is C24H15BrN2O4. The number of anilines is 1. The topological polar surface area (TPSA) is 80.5 Å². The first-order chi connectivity index (χ1) is 14.9. The first-order valence-corrected chi connectivity index (χ1v) is 10.7. The number of halogens is 1. The molecule has 2 atom stereocenters. The lowest BCUT2D eigenvalue weighted by Crippen LogP contribution is -2.50. The van der Waals surface area contributed by atoms with Crippen molar-refractivity contribution in [2.75, 3.05) is 4.90 Å². The summed E-state index contributed by atoms with van der Waals surface area (Å²) in [5.74, 6) is -2.09. The molecule has 7 rings (SSSR count). The Morgan fingerprint density at radius 1 is 0.871 bits per heavy atom. The van der Waals surface area contributed by atoms with Crippen molar-refractivity contribution >= 4 is 39.1 Å². The van der Waals surface area contributed by atoms with Crippen LogP contribution >= 0.6 is 15.9 Å². The lowest BCUT2D eigenvalue weighted by atomic mass is 9.55. The number of nitro groups is 1. The Kier molecular flexibility index (Phi) is 3.63. The third-order valence-corrected chi connectivity index (χ3v) is 8.16. The van der Waals surface area contributed by atoms with Crippen LogP contribution in [0.3, 0.4) is 0 Å². The first kappa shape index (κ1) is 18.4. The highest BCUT2D eigenvalue weighted by Crippen LogP contribution is 2.66. The maximum atomic E-state index is 13.8. The van der Waals surface area contributed by atoms with E-state index in [2.05, 4.69) is 15.9 Å². The number of benzene rings is 3. The molecular weight excluding hydrogens is 460 g/mol. The van der Waals surface area contributed by atoms with E-state index in [4.69, 9.17) is 0 Å². The lowest BCUT2D eigenvalue weighted by molar-refractivity contribution is -0.384. The number of imide groups is 1. The van der Waals surface area contributed by atoms with Gasteiger partial charge in [0.2, 0.25) is 11.8 Å². The van der Waals surface area contributed by atoms with Crippen molar-refractivity contribution in [2.24, 2.45) is 11.8 Å². The number of rotatable bonds is 2. The molecule has 1 saturated heterocycles. The van der Waals surface area contributed by atoms with Crippen molar-refractivity contribution < 1.29 is 14.5 Å². The fourth-order valence-corrected chi connectivity index (χ4v) is 6.88. The van der Waals surface area contributed by atoms with Gasteiger partial charge in [-0.05, 0) is 28.3 Å². The van der Waals surface area contributed by atoms with Gasteiger partial charge in [-0.2, -0.15) is 0 Å². The molecule has 31 heavy (non-hydrogen) atoms. The second kappa shape index (κ2) is 6.11. The van der Waals surface area contributed by atoms with Crippen LogP contribution < -0.4 is 4.90 Å². The Balaban J connectivity index is 1.58. The van der Waals surface area contributed by atoms with Crippen molar-refractivity contribution in [1.29, 1.82) is 0 Å². The van der Waals surface area contributed by atoms with Crippen molar-refractivity contribution in [3.63, 3.8) is 0 Å². The maximum absolute atomic E-state index is 13.8. The summed E-state index contributed by atoms with van der Waals surface area (Å²) in [6.07, 6.45) is 0. The number of hydrogen-bond acceptors (Lipinski definition) is 4. The number of non-ortho nitro benzene ring substituents is 1. The monoisotopic (exact) mass is 474 g/mol. The van der Waals surface area contributed by atoms with Crippen molar-refractivity contribution in [2.45, 2.75) is 10.2 Å². The van der Waals surface area contributed by atoms with Gasteiger partial charge in [-0.15, -0.1) is 0 Å². The fourth-order valence-electron chi connectivity index (χ4n) is 5.68. The van der Waals surface area contributed by atoms with Crippen molar-refractivity contribution in [3.8, 4) is 0 Å². The quantitative estimate of drug-likeness (QED) is 0.237. The van der Waals surface area contributed by atoms with Gasteiger partial charge in [0, 0.05) is 18.1 Å². The van der Waals surface area contributed by atoms with Crippen molar-refractivity contribution in [1.82, 2.24) is 0 Å². The molecule has 3 aromatic rings. The number of hydrogen-bond donors (Lipinski definition) is 0. The zero-order valence-electron chi connectivity index (χ0n) is 16.1. The maximum Gasteiger partial charge on any atom is 0.271 e. The largest absolute Gasteiger partial charge is 0.274 e. The van der Waals surface area contributed by atoms with Gasteiger partial charge < -0.3 is 0 Å². The molecule has 4 aliphatic rings. The molecule has 0 radical (unpaired) electrons. The summed E-state index contributed by atoms with van der Waals surface area (Å²) >= 11 is 3.94. The van der Waals surface area contributed by atoms with E-state index in [0.717, 1.165) is 27.2 Å². The van der Waals surface area contributed by atoms with Crippen LogP contribution in [0.25, 0.3) is 0 Å². The van der Waals surface area contributed by atoms with Gasteiger partial charge in [-0.3, -0.25) is 19.7 Å². The summed E-state index contributed by atoms with van der Waals surface area (Å²) in [5, 5.41) is 11.3. The average Bonchev–Trinajstić information content (AvgIpc) is 3.06. The van der Waals surface area contributed by atoms with E-state index in [1.807, 2.05) is 48.5 Å². The number of nitro benzene ring substituents is 1. The number of amides is 2. The molecule has 0 aromatic heterocycles. The average molecular weight is 475 g/mol. The minimum Gasteiger partial charge on any atom is -0.274 e. The third-order valence-electron chi connectivity index (χ3n) is 6.81. The van der Waals surface area contributed by atoms with E-state index >= 15 is 0 Å². The van der Waals surface area contributed by atoms with Crippen LogP contribution in [0.5, 0.6) is 0 Å². The molecule has 1 fully saturated rings. The standard InChI is InChI=1S/C24H15BrN2O4/c25-24-17-10-3-1-8-15(17)19(16-9-2-4-11-18(16)24)20-21(24)23(29)26(22(20)28)13-6-5-7-14(12-13)27(30)31/h1-12,19-21H/t19?,20-,21+,24?/m1/s1. The summed E-state index contributed by atoms with van der Waals surface area (Å²) < 4.78 is -0.832. The number of alkyl halides is 1. The number of carbonyl (C=O) groups is 2. The van der Waals surface area contributed by atoms with Crippen LogP contribution in [0.15, 0.2) is 72.8 Å². The third kappa shape index (κ3) is 2.16.